The number of hydroxylamine groups is 4. The van der Waals surface area contributed by atoms with Crippen molar-refractivity contribution >= 4 is 23.6 Å². The van der Waals surface area contributed by atoms with Gasteiger partial charge >= 0.3 is 0 Å². The second-order valence-corrected chi connectivity index (χ2v) is 22.3. The topological polar surface area (TPSA) is 190 Å². The molecule has 0 atom stereocenters. The van der Waals surface area contributed by atoms with Crippen molar-refractivity contribution in [2.45, 2.75) is 130 Å². The van der Waals surface area contributed by atoms with Crippen molar-refractivity contribution < 1.29 is 57.5 Å². The summed E-state index contributed by atoms with van der Waals surface area (Å²) in [4.78, 5) is 72.7. The lowest BCUT2D eigenvalue weighted by atomic mass is 9.79. The van der Waals surface area contributed by atoms with Crippen LogP contribution in [0.5, 0.6) is 23.0 Å². The molecule has 4 N–H and O–H groups in total. The zero-order chi connectivity index (χ0) is 53.3. The van der Waals surface area contributed by atoms with E-state index in [1.165, 1.54) is 28.4 Å². The van der Waals surface area contributed by atoms with Gasteiger partial charge in [0.15, 0.2) is 26.4 Å². The van der Waals surface area contributed by atoms with Gasteiger partial charge in [-0.2, -0.15) is 0 Å². The highest BCUT2D eigenvalue weighted by atomic mass is 16.7. The molecule has 16 heteroatoms. The summed E-state index contributed by atoms with van der Waals surface area (Å²) in [7, 11) is 5.43. The lowest BCUT2D eigenvalue weighted by Crippen LogP contribution is -2.29. The maximum atomic E-state index is 13.2. The predicted octanol–water partition coefficient (Wildman–Crippen LogP) is 7.78. The van der Waals surface area contributed by atoms with E-state index < -0.39 is 23.6 Å². The van der Waals surface area contributed by atoms with Crippen molar-refractivity contribution in [3.8, 4) is 23.0 Å². The number of hydrogen-bond donors (Lipinski definition) is 4. The molecular formula is C56H76N4O12. The van der Waals surface area contributed by atoms with Crippen LogP contribution < -0.4 is 40.9 Å². The van der Waals surface area contributed by atoms with E-state index in [4.69, 9.17) is 38.3 Å². The molecule has 0 unspecified atom stereocenters. The maximum Gasteiger partial charge on any atom is 0.281 e. The summed E-state index contributed by atoms with van der Waals surface area (Å²) in [6, 6.07) is 16.8. The molecule has 4 amide bonds. The summed E-state index contributed by atoms with van der Waals surface area (Å²) in [5, 5.41) is 0. The van der Waals surface area contributed by atoms with E-state index in [9.17, 15) is 19.2 Å². The third kappa shape index (κ3) is 14.9. The number of carbonyl (C=O) groups is 4. The van der Waals surface area contributed by atoms with Crippen LogP contribution in [0.2, 0.25) is 0 Å². The second kappa shape index (κ2) is 23.6. The van der Waals surface area contributed by atoms with Gasteiger partial charge in [0.25, 0.3) is 23.6 Å². The van der Waals surface area contributed by atoms with Gasteiger partial charge in [-0.15, -0.1) is 0 Å². The molecule has 4 aromatic carbocycles. The Kier molecular flexibility index (Phi) is 18.6. The van der Waals surface area contributed by atoms with Crippen LogP contribution >= 0.6 is 0 Å². The summed E-state index contributed by atoms with van der Waals surface area (Å²) in [6.45, 7) is 24.1. The van der Waals surface area contributed by atoms with E-state index in [0.29, 0.717) is 23.0 Å². The fourth-order valence-electron chi connectivity index (χ4n) is 8.49. The normalized spacial score (nSPS) is 12.9. The highest BCUT2D eigenvalue weighted by Gasteiger charge is 2.30. The molecule has 392 valence electrons. The minimum Gasteiger partial charge on any atom is -0.483 e. The van der Waals surface area contributed by atoms with Gasteiger partial charge in [0.05, 0.1) is 28.4 Å². The van der Waals surface area contributed by atoms with Crippen LogP contribution in [0.4, 0.5) is 0 Å². The molecule has 72 heavy (non-hydrogen) atoms. The number of benzene rings is 4. The van der Waals surface area contributed by atoms with E-state index in [1.807, 2.05) is 0 Å². The van der Waals surface area contributed by atoms with Crippen molar-refractivity contribution in [3.63, 3.8) is 0 Å². The first kappa shape index (κ1) is 56.7. The first-order valence-corrected chi connectivity index (χ1v) is 24.1. The summed E-state index contributed by atoms with van der Waals surface area (Å²) in [5.41, 5.74) is 18.0. The molecule has 0 aromatic heterocycles. The van der Waals surface area contributed by atoms with Gasteiger partial charge in [0.2, 0.25) is 0 Å². The average molecular weight is 997 g/mol. The molecule has 1 aliphatic carbocycles. The van der Waals surface area contributed by atoms with Gasteiger partial charge in [-0.1, -0.05) is 132 Å². The third-order valence-corrected chi connectivity index (χ3v) is 12.2. The van der Waals surface area contributed by atoms with Gasteiger partial charge in [0.1, 0.15) is 23.0 Å². The van der Waals surface area contributed by atoms with E-state index in [-0.39, 0.29) is 73.8 Å². The van der Waals surface area contributed by atoms with Crippen LogP contribution in [-0.2, 0) is 85.9 Å². The van der Waals surface area contributed by atoms with Gasteiger partial charge < -0.3 is 18.9 Å². The molecule has 8 bridgehead atoms. The molecule has 5 rings (SSSR count). The standard InChI is InChI=1S/C56H76N4O12/c1-53(2,3)41-21-33-17-35-23-42(54(4,5)6)25-37(50(35)70-30-46(62)58-66-14)19-39-27-44(56(10,11)12)28-40(52(39)72-32-48(64)60-68-16)20-38-26-43(55(7,8)9)24-36(51(38)71-31-47(63)59-67-15)18-34(22-41)49(33)69-29-45(61)57-65-13/h21-28H,17-20,29-32H2,1-16H3,(H,57,61)(H,58,62)(H,59,63)(H,60,64). The van der Waals surface area contributed by atoms with Crippen LogP contribution in [0.25, 0.3) is 0 Å². The average Bonchev–Trinajstić information content (AvgIpc) is 3.26. The van der Waals surface area contributed by atoms with Crippen LogP contribution in [0.1, 0.15) is 150 Å². The number of hydrogen-bond acceptors (Lipinski definition) is 12. The first-order chi connectivity index (χ1) is 33.7. The minimum absolute atomic E-state index is 0.234. The van der Waals surface area contributed by atoms with Crippen molar-refractivity contribution in [3.05, 3.63) is 115 Å². The van der Waals surface area contributed by atoms with Gasteiger partial charge in [-0.05, 0) is 88.4 Å². The van der Waals surface area contributed by atoms with E-state index in [0.717, 1.165) is 66.8 Å². The molecule has 16 nitrogen and oxygen atoms in total. The maximum absolute atomic E-state index is 13.2. The number of fused-ring (bicyclic) bond motifs is 8. The second-order valence-electron chi connectivity index (χ2n) is 22.3. The molecule has 1 aliphatic rings. The summed E-state index contributed by atoms with van der Waals surface area (Å²) >= 11 is 0. The lowest BCUT2D eigenvalue weighted by Gasteiger charge is -2.29. The van der Waals surface area contributed by atoms with Crippen molar-refractivity contribution in [1.82, 2.24) is 21.9 Å². The van der Waals surface area contributed by atoms with Crippen molar-refractivity contribution in [1.29, 1.82) is 0 Å². The molecule has 0 radical (unpaired) electrons. The Bertz CT molecular complexity index is 2160. The van der Waals surface area contributed by atoms with Crippen LogP contribution in [-0.4, -0.2) is 78.5 Å². The van der Waals surface area contributed by atoms with Crippen molar-refractivity contribution in [2.75, 3.05) is 54.9 Å². The lowest BCUT2D eigenvalue weighted by molar-refractivity contribution is -0.134. The Balaban J connectivity index is 2.04. The monoisotopic (exact) mass is 997 g/mol. The fraction of sp³-hybridized carbons (Fsp3) is 0.500. The largest absolute Gasteiger partial charge is 0.483 e. The summed E-state index contributed by atoms with van der Waals surface area (Å²) < 4.78 is 26.6. The van der Waals surface area contributed by atoms with Gasteiger partial charge in [-0.25, -0.2) is 21.9 Å². The Labute approximate surface area is 425 Å². The molecule has 0 saturated heterocycles. The number of nitrogens with one attached hydrogen (secondary N) is 4. The number of amides is 4. The molecule has 0 saturated carbocycles. The molecule has 0 aliphatic heterocycles. The third-order valence-electron chi connectivity index (χ3n) is 12.2. The predicted molar refractivity (Wildman–Crippen MR) is 274 cm³/mol. The Morgan fingerprint density at radius 1 is 0.333 bits per heavy atom. The molecule has 0 spiro atoms. The van der Waals surface area contributed by atoms with Gasteiger partial charge in [0, 0.05) is 25.7 Å². The van der Waals surface area contributed by atoms with Crippen LogP contribution in [0.15, 0.2) is 48.5 Å². The minimum atomic E-state index is -0.500. The molecule has 4 aromatic rings. The smallest absolute Gasteiger partial charge is 0.281 e. The zero-order valence-electron chi connectivity index (χ0n) is 45.2. The molecular weight excluding hydrogens is 921 g/mol. The highest BCUT2D eigenvalue weighted by Crippen LogP contribution is 2.44. The zero-order valence-corrected chi connectivity index (χ0v) is 45.2. The van der Waals surface area contributed by atoms with Gasteiger partial charge in [-0.3, -0.25) is 38.5 Å². The fourth-order valence-corrected chi connectivity index (χ4v) is 8.49. The Morgan fingerprint density at radius 3 is 0.611 bits per heavy atom. The number of carbonyl (C=O) groups excluding carboxylic acids is 4. The van der Waals surface area contributed by atoms with E-state index in [1.54, 1.807) is 0 Å². The summed E-state index contributed by atoms with van der Waals surface area (Å²) in [6.07, 6.45) is 0.936. The molecule has 0 heterocycles. The van der Waals surface area contributed by atoms with E-state index >= 15 is 0 Å². The van der Waals surface area contributed by atoms with Crippen LogP contribution in [0.3, 0.4) is 0 Å². The SMILES string of the molecule is CONC(=O)COc1c2cc(C(C)(C)C)cc1Cc1cc(C(C)(C)C)cc(c1OCC(=O)NOC)Cc1cc(C(C)(C)C)cc(c1OCC(=O)NOC)Cc1cc(C(C)(C)C)cc(c1OCC(=O)NOC)C2. The number of ether oxygens (including phenoxy) is 4. The number of rotatable bonds is 16. The summed E-state index contributed by atoms with van der Waals surface area (Å²) in [5.74, 6) is -0.154. The Morgan fingerprint density at radius 2 is 0.486 bits per heavy atom. The quantitative estimate of drug-likeness (QED) is 0.0704. The highest BCUT2D eigenvalue weighted by molar-refractivity contribution is 5.78. The first-order valence-electron chi connectivity index (χ1n) is 24.1. The Hall–Kier alpha value is -6.20. The van der Waals surface area contributed by atoms with Crippen molar-refractivity contribution in [2.24, 2.45) is 0 Å². The molecule has 0 fully saturated rings. The van der Waals surface area contributed by atoms with E-state index in [2.05, 4.69) is 154 Å². The van der Waals surface area contributed by atoms with Crippen LogP contribution in [0, 0.1) is 0 Å².